The van der Waals surface area contributed by atoms with E-state index in [0.29, 0.717) is 5.41 Å². The van der Waals surface area contributed by atoms with Crippen molar-refractivity contribution in [3.8, 4) is 0 Å². The van der Waals surface area contributed by atoms with Crippen LogP contribution in [-0.4, -0.2) is 8.41 Å². The van der Waals surface area contributed by atoms with E-state index >= 15 is 0 Å². The largest absolute Gasteiger partial charge is 0.0776 e. The van der Waals surface area contributed by atoms with Crippen molar-refractivity contribution in [2.75, 3.05) is 0 Å². The van der Waals surface area contributed by atoms with Gasteiger partial charge in [-0.25, -0.2) is 0 Å². The first-order valence-electron chi connectivity index (χ1n) is 2.00. The Morgan fingerprint density at radius 1 is 0.857 bits per heavy atom. The molecule has 0 saturated carbocycles. The first-order valence-corrected chi connectivity index (χ1v) is 2.00. The Balaban J connectivity index is -0.0000000800. The van der Waals surface area contributed by atoms with E-state index in [1.165, 1.54) is 0 Å². The van der Waals surface area contributed by atoms with Crippen LogP contribution in [0.1, 0.15) is 35.1 Å². The normalized spacial score (nSPS) is 8.57. The third kappa shape index (κ3) is 23800. The highest BCUT2D eigenvalue weighted by Crippen LogP contribution is 2.07. The Kier molecular flexibility index (Phi) is 9.50. The monoisotopic (exact) mass is 99.1 g/mol. The molecule has 0 aliphatic heterocycles. The van der Waals surface area contributed by atoms with Gasteiger partial charge in [-0.2, -0.15) is 0 Å². The van der Waals surface area contributed by atoms with Crippen molar-refractivity contribution in [3.05, 3.63) is 0 Å². The van der Waals surface area contributed by atoms with Gasteiger partial charge in [0.1, 0.15) is 0 Å². The van der Waals surface area contributed by atoms with Gasteiger partial charge in [-0.05, 0) is 5.41 Å². The van der Waals surface area contributed by atoms with Crippen molar-refractivity contribution in [1.82, 2.24) is 0 Å². The maximum atomic E-state index is 2.19. The van der Waals surface area contributed by atoms with E-state index in [1.807, 2.05) is 0 Å². The van der Waals surface area contributed by atoms with Crippen LogP contribution in [-0.2, 0) is 0 Å². The SMILES string of the molecule is C.CC(C)(C)C.[B]. The van der Waals surface area contributed by atoms with Crippen molar-refractivity contribution >= 4 is 8.41 Å². The molecule has 0 unspecified atom stereocenters. The number of hydrogen-bond donors (Lipinski definition) is 0. The molecule has 0 rings (SSSR count). The van der Waals surface area contributed by atoms with Crippen molar-refractivity contribution in [2.45, 2.75) is 35.1 Å². The van der Waals surface area contributed by atoms with Gasteiger partial charge in [0.05, 0.1) is 0 Å². The van der Waals surface area contributed by atoms with E-state index < -0.39 is 0 Å². The second-order valence-electron chi connectivity index (χ2n) is 3.00. The Morgan fingerprint density at radius 3 is 0.857 bits per heavy atom. The van der Waals surface area contributed by atoms with E-state index in [-0.39, 0.29) is 15.8 Å². The summed E-state index contributed by atoms with van der Waals surface area (Å²) in [7, 11) is 0. The zero-order chi connectivity index (χ0) is 4.50. The van der Waals surface area contributed by atoms with Gasteiger partial charge in [0.2, 0.25) is 0 Å². The molecule has 0 amide bonds. The van der Waals surface area contributed by atoms with Gasteiger partial charge in [-0.3, -0.25) is 0 Å². The van der Waals surface area contributed by atoms with Crippen molar-refractivity contribution in [1.29, 1.82) is 0 Å². The van der Waals surface area contributed by atoms with Gasteiger partial charge >= 0.3 is 0 Å². The molecule has 3 radical (unpaired) electrons. The maximum Gasteiger partial charge on any atom is 0 e. The number of hydrogen-bond acceptors (Lipinski definition) is 0. The predicted octanol–water partition coefficient (Wildman–Crippen LogP) is 2.31. The highest BCUT2D eigenvalue weighted by Gasteiger charge is 1.95. The van der Waals surface area contributed by atoms with E-state index in [1.54, 1.807) is 0 Å². The van der Waals surface area contributed by atoms with Crippen LogP contribution in [0.15, 0.2) is 0 Å². The van der Waals surface area contributed by atoms with Crippen LogP contribution in [0.25, 0.3) is 0 Å². The molecular weight excluding hydrogens is 82.9 g/mol. The Labute approximate surface area is 49.9 Å². The molecule has 0 nitrogen and oxygen atoms in total. The Morgan fingerprint density at radius 2 is 0.857 bits per heavy atom. The summed E-state index contributed by atoms with van der Waals surface area (Å²) in [6.07, 6.45) is 0. The highest BCUT2D eigenvalue weighted by molar-refractivity contribution is 5.75. The minimum Gasteiger partial charge on any atom is -0.0776 e. The van der Waals surface area contributed by atoms with Crippen LogP contribution in [0.4, 0.5) is 0 Å². The zero-order valence-corrected chi connectivity index (χ0v) is 5.08. The van der Waals surface area contributed by atoms with Crippen LogP contribution >= 0.6 is 0 Å². The smallest absolute Gasteiger partial charge is 0 e. The van der Waals surface area contributed by atoms with Gasteiger partial charge < -0.3 is 0 Å². The zero-order valence-electron chi connectivity index (χ0n) is 5.08. The quantitative estimate of drug-likeness (QED) is 0.409. The third-order valence-corrected chi connectivity index (χ3v) is 0. The molecule has 0 aromatic heterocycles. The van der Waals surface area contributed by atoms with Gasteiger partial charge in [-0.1, -0.05) is 35.1 Å². The highest BCUT2D eigenvalue weighted by atomic mass is 14.0. The van der Waals surface area contributed by atoms with Crippen molar-refractivity contribution < 1.29 is 0 Å². The van der Waals surface area contributed by atoms with Crippen molar-refractivity contribution in [2.24, 2.45) is 5.41 Å². The van der Waals surface area contributed by atoms with Gasteiger partial charge in [0, 0.05) is 8.41 Å². The van der Waals surface area contributed by atoms with Crippen LogP contribution in [0, 0.1) is 5.41 Å². The van der Waals surface area contributed by atoms with E-state index in [0.717, 1.165) is 0 Å². The van der Waals surface area contributed by atoms with Crippen LogP contribution in [0.3, 0.4) is 0 Å². The molecule has 0 N–H and O–H groups in total. The third-order valence-electron chi connectivity index (χ3n) is 0. The molecule has 0 atom stereocenters. The Bertz CT molecular complexity index is 19.7. The average Bonchev–Trinajstić information content (AvgIpc) is 0.722. The second-order valence-corrected chi connectivity index (χ2v) is 3.00. The second kappa shape index (κ2) is 4.23. The summed E-state index contributed by atoms with van der Waals surface area (Å²) < 4.78 is 0. The van der Waals surface area contributed by atoms with Crippen LogP contribution in [0.5, 0.6) is 0 Å². The first kappa shape index (κ1) is 15.7. The molecule has 0 aliphatic carbocycles. The molecule has 0 aliphatic rings. The standard InChI is InChI=1S/C5H12.CH4.B/c1-5(2,3)4;;/h1-4H3;1H4;. The van der Waals surface area contributed by atoms with Crippen LogP contribution in [0.2, 0.25) is 0 Å². The van der Waals surface area contributed by atoms with Crippen molar-refractivity contribution in [3.63, 3.8) is 0 Å². The molecule has 0 aromatic rings. The van der Waals surface area contributed by atoms with E-state index in [2.05, 4.69) is 27.7 Å². The molecular formula is C6H16B. The average molecular weight is 99.0 g/mol. The maximum absolute atomic E-state index is 2.19. The van der Waals surface area contributed by atoms with E-state index in [9.17, 15) is 0 Å². The molecule has 0 fully saturated rings. The lowest BCUT2D eigenvalue weighted by atomic mass is 10.0. The molecule has 0 bridgehead atoms. The minimum atomic E-state index is 0. The van der Waals surface area contributed by atoms with Crippen LogP contribution < -0.4 is 0 Å². The van der Waals surface area contributed by atoms with Gasteiger partial charge in [0.15, 0.2) is 0 Å². The van der Waals surface area contributed by atoms with E-state index in [4.69, 9.17) is 0 Å². The fraction of sp³-hybridized carbons (Fsp3) is 1.00. The first-order chi connectivity index (χ1) is 2.00. The lowest BCUT2D eigenvalue weighted by molar-refractivity contribution is 0.469. The molecule has 0 aromatic carbocycles. The summed E-state index contributed by atoms with van der Waals surface area (Å²) in [4.78, 5) is 0. The number of rotatable bonds is 0. The Hall–Kier alpha value is 0.0649. The summed E-state index contributed by atoms with van der Waals surface area (Å²) in [5.41, 5.74) is 0.500. The summed E-state index contributed by atoms with van der Waals surface area (Å²) in [6, 6.07) is 0. The van der Waals surface area contributed by atoms with Gasteiger partial charge in [-0.15, -0.1) is 0 Å². The van der Waals surface area contributed by atoms with Gasteiger partial charge in [0.25, 0.3) is 0 Å². The lowest BCUT2D eigenvalue weighted by Crippen LogP contribution is -1.93. The molecule has 1 heteroatoms. The fourth-order valence-electron chi connectivity index (χ4n) is 0. The molecule has 7 heavy (non-hydrogen) atoms. The molecule has 0 heterocycles. The molecule has 0 spiro atoms. The topological polar surface area (TPSA) is 0 Å². The summed E-state index contributed by atoms with van der Waals surface area (Å²) in [5, 5.41) is 0. The molecule has 43 valence electrons. The fourth-order valence-corrected chi connectivity index (χ4v) is 0. The predicted molar refractivity (Wildman–Crippen MR) is 37.6 cm³/mol. The summed E-state index contributed by atoms with van der Waals surface area (Å²) in [5.74, 6) is 0. The molecule has 0 saturated heterocycles. The summed E-state index contributed by atoms with van der Waals surface area (Å²) in [6.45, 7) is 8.75. The summed E-state index contributed by atoms with van der Waals surface area (Å²) >= 11 is 0. The lowest BCUT2D eigenvalue weighted by Gasteiger charge is -2.05. The minimum absolute atomic E-state index is 0.